The molecule has 9 heteroatoms. The van der Waals surface area contributed by atoms with E-state index in [9.17, 15) is 18.8 Å². The molecule has 0 bridgehead atoms. The molecule has 0 radical (unpaired) electrons. The number of nitrogens with one attached hydrogen (secondary N) is 3. The van der Waals surface area contributed by atoms with Gasteiger partial charge < -0.3 is 20.4 Å². The SMILES string of the molecule is O=C(COC(=O)[C@H](Cc1c[nH]c2ccccc12)NC(=O)c1ccc(F)cc1)Nc1ccc(I)cc1. The van der Waals surface area contributed by atoms with Crippen LogP contribution in [0.15, 0.2) is 79.0 Å². The first-order valence-corrected chi connectivity index (χ1v) is 11.8. The molecule has 0 spiro atoms. The lowest BCUT2D eigenvalue weighted by Gasteiger charge is -2.18. The van der Waals surface area contributed by atoms with Gasteiger partial charge in [-0.3, -0.25) is 9.59 Å². The van der Waals surface area contributed by atoms with Crippen molar-refractivity contribution < 1.29 is 23.5 Å². The number of fused-ring (bicyclic) bond motifs is 1. The highest BCUT2D eigenvalue weighted by molar-refractivity contribution is 14.1. The molecular weight excluding hydrogens is 564 g/mol. The van der Waals surface area contributed by atoms with Crippen molar-refractivity contribution in [1.29, 1.82) is 0 Å². The van der Waals surface area contributed by atoms with Gasteiger partial charge >= 0.3 is 5.97 Å². The summed E-state index contributed by atoms with van der Waals surface area (Å²) < 4.78 is 19.5. The molecule has 178 valence electrons. The molecule has 35 heavy (non-hydrogen) atoms. The van der Waals surface area contributed by atoms with Crippen LogP contribution in [0.5, 0.6) is 0 Å². The number of rotatable bonds is 8. The van der Waals surface area contributed by atoms with Crippen molar-refractivity contribution in [2.75, 3.05) is 11.9 Å². The van der Waals surface area contributed by atoms with E-state index < -0.39 is 36.2 Å². The predicted octanol–water partition coefficient (Wildman–Crippen LogP) is 4.43. The number of benzene rings is 3. The smallest absolute Gasteiger partial charge is 0.329 e. The highest BCUT2D eigenvalue weighted by Gasteiger charge is 2.25. The average Bonchev–Trinajstić information content (AvgIpc) is 3.27. The molecule has 1 heterocycles. The number of esters is 1. The Bertz CT molecular complexity index is 1350. The minimum atomic E-state index is -1.07. The van der Waals surface area contributed by atoms with Crippen LogP contribution < -0.4 is 10.6 Å². The van der Waals surface area contributed by atoms with E-state index in [0.717, 1.165) is 32.2 Å². The van der Waals surface area contributed by atoms with Crippen LogP contribution >= 0.6 is 22.6 Å². The van der Waals surface area contributed by atoms with Crippen molar-refractivity contribution >= 4 is 57.0 Å². The lowest BCUT2D eigenvalue weighted by Crippen LogP contribution is -2.44. The maximum absolute atomic E-state index is 13.2. The molecule has 0 fully saturated rings. The number of anilines is 1. The molecule has 0 aliphatic rings. The van der Waals surface area contributed by atoms with Gasteiger partial charge in [0.25, 0.3) is 11.8 Å². The van der Waals surface area contributed by atoms with Gasteiger partial charge in [-0.25, -0.2) is 9.18 Å². The van der Waals surface area contributed by atoms with Crippen molar-refractivity contribution in [3.8, 4) is 0 Å². The van der Waals surface area contributed by atoms with Gasteiger partial charge in [-0.05, 0) is 82.8 Å². The number of hydrogen-bond donors (Lipinski definition) is 3. The number of halogens is 2. The van der Waals surface area contributed by atoms with Gasteiger partial charge in [-0.2, -0.15) is 0 Å². The normalized spacial score (nSPS) is 11.6. The Labute approximate surface area is 214 Å². The summed E-state index contributed by atoms with van der Waals surface area (Å²) in [5.41, 5.74) is 2.45. The summed E-state index contributed by atoms with van der Waals surface area (Å²) in [6.45, 7) is -0.512. The van der Waals surface area contributed by atoms with Gasteiger partial charge in [0, 0.05) is 38.3 Å². The summed E-state index contributed by atoms with van der Waals surface area (Å²) in [5, 5.41) is 6.21. The zero-order valence-electron chi connectivity index (χ0n) is 18.4. The maximum atomic E-state index is 13.2. The lowest BCUT2D eigenvalue weighted by atomic mass is 10.0. The van der Waals surface area contributed by atoms with E-state index in [1.165, 1.54) is 12.1 Å². The first-order valence-electron chi connectivity index (χ1n) is 10.7. The number of aromatic nitrogens is 1. The van der Waals surface area contributed by atoms with E-state index in [1.807, 2.05) is 36.4 Å². The van der Waals surface area contributed by atoms with E-state index in [4.69, 9.17) is 4.74 Å². The minimum absolute atomic E-state index is 0.133. The van der Waals surface area contributed by atoms with Crippen LogP contribution in [0.3, 0.4) is 0 Å². The molecule has 1 atom stereocenters. The van der Waals surface area contributed by atoms with Gasteiger partial charge in [0.05, 0.1) is 0 Å². The number of carbonyl (C=O) groups is 3. The first kappa shape index (κ1) is 24.4. The first-order chi connectivity index (χ1) is 16.9. The molecule has 4 rings (SSSR count). The van der Waals surface area contributed by atoms with Gasteiger partial charge in [-0.15, -0.1) is 0 Å². The Hall–Kier alpha value is -3.73. The third-order valence-corrected chi connectivity index (χ3v) is 5.99. The fourth-order valence-electron chi connectivity index (χ4n) is 3.52. The van der Waals surface area contributed by atoms with Gasteiger partial charge in [0.1, 0.15) is 11.9 Å². The number of H-pyrrole nitrogens is 1. The summed E-state index contributed by atoms with van der Waals surface area (Å²) in [6, 6.07) is 18.6. The third-order valence-electron chi connectivity index (χ3n) is 5.27. The van der Waals surface area contributed by atoms with Crippen molar-refractivity contribution in [3.05, 3.63) is 99.5 Å². The maximum Gasteiger partial charge on any atom is 0.329 e. The highest BCUT2D eigenvalue weighted by Crippen LogP contribution is 2.20. The van der Waals surface area contributed by atoms with Gasteiger partial charge in [-0.1, -0.05) is 18.2 Å². The van der Waals surface area contributed by atoms with Crippen LogP contribution in [0, 0.1) is 9.39 Å². The molecule has 0 aliphatic heterocycles. The Morgan fingerprint density at radius 2 is 1.69 bits per heavy atom. The number of para-hydroxylation sites is 1. The zero-order valence-corrected chi connectivity index (χ0v) is 20.5. The number of amides is 2. The summed E-state index contributed by atoms with van der Waals surface area (Å²) in [5.74, 6) is -2.30. The van der Waals surface area contributed by atoms with Gasteiger partial charge in [0.15, 0.2) is 6.61 Å². The van der Waals surface area contributed by atoms with Crippen LogP contribution in [0.1, 0.15) is 15.9 Å². The topological polar surface area (TPSA) is 100 Å². The van der Waals surface area contributed by atoms with Gasteiger partial charge in [0.2, 0.25) is 0 Å². The third kappa shape index (κ3) is 6.44. The largest absolute Gasteiger partial charge is 0.454 e. The molecule has 4 aromatic rings. The number of aromatic amines is 1. The summed E-state index contributed by atoms with van der Waals surface area (Å²) >= 11 is 2.15. The summed E-state index contributed by atoms with van der Waals surface area (Å²) in [7, 11) is 0. The molecule has 0 aliphatic carbocycles. The van der Waals surface area contributed by atoms with E-state index in [-0.39, 0.29) is 12.0 Å². The standard InChI is InChI=1S/C26H21FIN3O4/c27-18-7-5-16(6-8-18)25(33)31-23(13-17-14-29-22-4-2-1-3-21(17)22)26(34)35-15-24(32)30-20-11-9-19(28)10-12-20/h1-12,14,23,29H,13,15H2,(H,30,32)(H,31,33)/t23-/m0/s1. The molecule has 0 saturated heterocycles. The Balaban J connectivity index is 1.46. The quantitative estimate of drug-likeness (QED) is 0.211. The predicted molar refractivity (Wildman–Crippen MR) is 138 cm³/mol. The number of ether oxygens (including phenoxy) is 1. The monoisotopic (exact) mass is 585 g/mol. The lowest BCUT2D eigenvalue weighted by molar-refractivity contribution is -0.149. The molecule has 3 aromatic carbocycles. The van der Waals surface area contributed by atoms with E-state index in [0.29, 0.717) is 5.69 Å². The van der Waals surface area contributed by atoms with Crippen LogP contribution in [-0.2, 0) is 20.7 Å². The molecule has 2 amide bonds. The van der Waals surface area contributed by atoms with Crippen LogP contribution in [0.25, 0.3) is 10.9 Å². The molecule has 1 aromatic heterocycles. The minimum Gasteiger partial charge on any atom is -0.454 e. The second kappa shape index (κ2) is 11.1. The fraction of sp³-hybridized carbons (Fsp3) is 0.115. The average molecular weight is 585 g/mol. The Morgan fingerprint density at radius 3 is 2.43 bits per heavy atom. The van der Waals surface area contributed by atoms with Crippen molar-refractivity contribution in [2.45, 2.75) is 12.5 Å². The van der Waals surface area contributed by atoms with Crippen molar-refractivity contribution in [3.63, 3.8) is 0 Å². The summed E-state index contributed by atoms with van der Waals surface area (Å²) in [4.78, 5) is 41.1. The van der Waals surface area contributed by atoms with Crippen LogP contribution in [-0.4, -0.2) is 35.4 Å². The second-order valence-electron chi connectivity index (χ2n) is 7.76. The van der Waals surface area contributed by atoms with Crippen LogP contribution in [0.2, 0.25) is 0 Å². The molecule has 0 unspecified atom stereocenters. The Kier molecular flexibility index (Phi) is 7.76. The molecular formula is C26H21FIN3O4. The van der Waals surface area contributed by atoms with Crippen molar-refractivity contribution in [1.82, 2.24) is 10.3 Å². The number of carbonyl (C=O) groups excluding carboxylic acids is 3. The van der Waals surface area contributed by atoms with E-state index >= 15 is 0 Å². The van der Waals surface area contributed by atoms with E-state index in [2.05, 4.69) is 38.2 Å². The molecule has 3 N–H and O–H groups in total. The van der Waals surface area contributed by atoms with E-state index in [1.54, 1.807) is 18.3 Å². The molecule has 7 nitrogen and oxygen atoms in total. The van der Waals surface area contributed by atoms with Crippen LogP contribution in [0.4, 0.5) is 10.1 Å². The zero-order chi connectivity index (χ0) is 24.8. The fourth-order valence-corrected chi connectivity index (χ4v) is 3.88. The summed E-state index contributed by atoms with van der Waals surface area (Å²) in [6.07, 6.45) is 1.90. The molecule has 0 saturated carbocycles. The second-order valence-corrected chi connectivity index (χ2v) is 9.00. The van der Waals surface area contributed by atoms with Crippen molar-refractivity contribution in [2.24, 2.45) is 0 Å². The Morgan fingerprint density at radius 1 is 0.971 bits per heavy atom. The highest BCUT2D eigenvalue weighted by atomic mass is 127. The number of hydrogen-bond acceptors (Lipinski definition) is 4.